The molecule has 0 aliphatic heterocycles. The number of carboxylic acids is 1. The molecule has 11 heteroatoms. The van der Waals surface area contributed by atoms with Crippen LogP contribution in [0.4, 0.5) is 10.1 Å². The molecular formula is C24H25FN2O7S. The maximum Gasteiger partial charge on any atom is 0.338 e. The molecule has 186 valence electrons. The average molecular weight is 505 g/mol. The highest BCUT2D eigenvalue weighted by Crippen LogP contribution is 2.28. The number of aromatic hydroxyl groups is 1. The molecule has 5 N–H and O–H groups in total. The Morgan fingerprint density at radius 1 is 1.06 bits per heavy atom. The van der Waals surface area contributed by atoms with Crippen LogP contribution in [0.5, 0.6) is 11.5 Å². The molecule has 0 bridgehead atoms. The van der Waals surface area contributed by atoms with Crippen LogP contribution in [0.3, 0.4) is 0 Å². The van der Waals surface area contributed by atoms with Crippen LogP contribution in [0.1, 0.15) is 22.0 Å². The number of nitrogens with one attached hydrogen (secondary N) is 2. The van der Waals surface area contributed by atoms with Gasteiger partial charge in [-0.1, -0.05) is 24.3 Å². The number of ether oxygens (including phenoxy) is 1. The summed E-state index contributed by atoms with van der Waals surface area (Å²) in [6.07, 6.45) is 0.0195. The van der Waals surface area contributed by atoms with Crippen molar-refractivity contribution in [1.82, 2.24) is 5.32 Å². The van der Waals surface area contributed by atoms with Gasteiger partial charge in [0.15, 0.2) is 0 Å². The van der Waals surface area contributed by atoms with E-state index in [1.165, 1.54) is 36.4 Å². The molecule has 0 fully saturated rings. The fourth-order valence-electron chi connectivity index (χ4n) is 3.25. The van der Waals surface area contributed by atoms with E-state index < -0.39 is 27.9 Å². The average Bonchev–Trinajstić information content (AvgIpc) is 2.79. The van der Waals surface area contributed by atoms with E-state index in [1.54, 1.807) is 24.3 Å². The van der Waals surface area contributed by atoms with Crippen molar-refractivity contribution in [3.8, 4) is 22.6 Å². The highest BCUT2D eigenvalue weighted by Gasteiger charge is 2.13. The fraction of sp³-hybridized carbons (Fsp3) is 0.208. The molecule has 0 aliphatic carbocycles. The van der Waals surface area contributed by atoms with Gasteiger partial charge in [0, 0.05) is 13.1 Å². The van der Waals surface area contributed by atoms with Gasteiger partial charge in [-0.05, 0) is 53.1 Å². The van der Waals surface area contributed by atoms with Crippen molar-refractivity contribution in [2.24, 2.45) is 0 Å². The number of phenolic OH excluding ortho intramolecular Hbond substituents is 1. The van der Waals surface area contributed by atoms with Gasteiger partial charge in [0.05, 0.1) is 23.6 Å². The minimum absolute atomic E-state index is 0.0172. The summed E-state index contributed by atoms with van der Waals surface area (Å²) in [5, 5.41) is 32.1. The Hall–Kier alpha value is -3.67. The third-order valence-electron chi connectivity index (χ3n) is 4.97. The van der Waals surface area contributed by atoms with Gasteiger partial charge < -0.3 is 25.4 Å². The summed E-state index contributed by atoms with van der Waals surface area (Å²) in [5.41, 5.74) is 1.26. The molecule has 0 aromatic heterocycles. The van der Waals surface area contributed by atoms with Crippen LogP contribution in [0, 0.1) is 5.82 Å². The van der Waals surface area contributed by atoms with E-state index in [4.69, 9.17) is 9.84 Å². The first kappa shape index (κ1) is 25.9. The number of sulfonamides is 1. The number of carboxylic acid groups (broad SMARTS) is 1. The number of hydrogen-bond acceptors (Lipinski definition) is 7. The molecule has 0 radical (unpaired) electrons. The second kappa shape index (κ2) is 11.2. The molecule has 3 rings (SSSR count). The van der Waals surface area contributed by atoms with E-state index in [9.17, 15) is 27.8 Å². The molecule has 0 saturated carbocycles. The van der Waals surface area contributed by atoms with Gasteiger partial charge in [0.1, 0.15) is 23.9 Å². The van der Waals surface area contributed by atoms with E-state index in [-0.39, 0.29) is 23.5 Å². The van der Waals surface area contributed by atoms with Crippen LogP contribution in [0.2, 0.25) is 0 Å². The van der Waals surface area contributed by atoms with E-state index in [0.29, 0.717) is 35.6 Å². The molecule has 3 aromatic rings. The third-order valence-corrected chi connectivity index (χ3v) is 5.56. The molecule has 9 nitrogen and oxygen atoms in total. The minimum atomic E-state index is -3.58. The van der Waals surface area contributed by atoms with Crippen molar-refractivity contribution in [3.05, 3.63) is 77.6 Å². The predicted molar refractivity (Wildman–Crippen MR) is 129 cm³/mol. The topological polar surface area (TPSA) is 145 Å². The second-order valence-corrected chi connectivity index (χ2v) is 9.49. The van der Waals surface area contributed by atoms with Crippen molar-refractivity contribution in [2.75, 3.05) is 30.7 Å². The molecule has 3 aromatic carbocycles. The standard InChI is InChI=1S/C24H25FN2O7S/c1-35(32,33)27-21-13-17(5-9-22(21)28)23(29)14-26-10-11-34-18-6-2-15(3-7-18)16-4-8-19(24(30)31)20(25)12-16/h2-9,12-13,23,26-29H,10-11,14H2,1H3,(H,30,31)/t23-/m0/s1. The van der Waals surface area contributed by atoms with Crippen LogP contribution >= 0.6 is 0 Å². The van der Waals surface area contributed by atoms with Gasteiger partial charge in [-0.2, -0.15) is 0 Å². The molecule has 1 atom stereocenters. The Kier molecular flexibility index (Phi) is 8.28. The zero-order valence-electron chi connectivity index (χ0n) is 18.7. The van der Waals surface area contributed by atoms with E-state index in [1.807, 2.05) is 0 Å². The summed E-state index contributed by atoms with van der Waals surface area (Å²) in [6.45, 7) is 0.876. The van der Waals surface area contributed by atoms with Gasteiger partial charge in [-0.15, -0.1) is 0 Å². The number of carbonyl (C=O) groups is 1. The summed E-state index contributed by atoms with van der Waals surface area (Å²) < 4.78 is 44.5. The third kappa shape index (κ3) is 7.41. The Morgan fingerprint density at radius 3 is 2.37 bits per heavy atom. The minimum Gasteiger partial charge on any atom is -0.506 e. The lowest BCUT2D eigenvalue weighted by Crippen LogP contribution is -2.26. The zero-order valence-corrected chi connectivity index (χ0v) is 19.5. The SMILES string of the molecule is CS(=O)(=O)Nc1cc([C@@H](O)CNCCOc2ccc(-c3ccc(C(=O)O)c(F)c3)cc2)ccc1O. The molecule has 0 heterocycles. The fourth-order valence-corrected chi connectivity index (χ4v) is 3.81. The number of aromatic carboxylic acids is 1. The highest BCUT2D eigenvalue weighted by molar-refractivity contribution is 7.92. The number of aliphatic hydroxyl groups excluding tert-OH is 1. The first-order valence-electron chi connectivity index (χ1n) is 10.5. The van der Waals surface area contributed by atoms with Gasteiger partial charge in [0.2, 0.25) is 10.0 Å². The lowest BCUT2D eigenvalue weighted by molar-refractivity contribution is 0.0692. The van der Waals surface area contributed by atoms with Crippen LogP contribution in [-0.2, 0) is 10.0 Å². The number of aliphatic hydroxyl groups is 1. The summed E-state index contributed by atoms with van der Waals surface area (Å²) >= 11 is 0. The Balaban J connectivity index is 1.47. The predicted octanol–water partition coefficient (Wildman–Crippen LogP) is 2.97. The van der Waals surface area contributed by atoms with Gasteiger partial charge in [0.25, 0.3) is 0 Å². The van der Waals surface area contributed by atoms with E-state index in [2.05, 4.69) is 10.0 Å². The summed E-state index contributed by atoms with van der Waals surface area (Å²) in [6, 6.07) is 15.0. The van der Waals surface area contributed by atoms with E-state index in [0.717, 1.165) is 6.26 Å². The largest absolute Gasteiger partial charge is 0.506 e. The van der Waals surface area contributed by atoms with Crippen molar-refractivity contribution >= 4 is 21.7 Å². The van der Waals surface area contributed by atoms with Gasteiger partial charge >= 0.3 is 5.97 Å². The van der Waals surface area contributed by atoms with Crippen LogP contribution in [-0.4, -0.2) is 55.7 Å². The first-order chi connectivity index (χ1) is 16.5. The molecule has 0 saturated heterocycles. The lowest BCUT2D eigenvalue weighted by atomic mass is 10.0. The summed E-state index contributed by atoms with van der Waals surface area (Å²) in [7, 11) is -3.58. The summed E-state index contributed by atoms with van der Waals surface area (Å²) in [4.78, 5) is 10.9. The normalized spacial score (nSPS) is 12.2. The molecule has 0 unspecified atom stereocenters. The van der Waals surface area contributed by atoms with Crippen LogP contribution in [0.25, 0.3) is 11.1 Å². The Morgan fingerprint density at radius 2 is 1.74 bits per heavy atom. The number of halogens is 1. The number of phenols is 1. The number of rotatable bonds is 11. The maximum absolute atomic E-state index is 13.9. The maximum atomic E-state index is 13.9. The number of anilines is 1. The molecule has 0 spiro atoms. The number of benzene rings is 3. The Bertz CT molecular complexity index is 1300. The summed E-state index contributed by atoms with van der Waals surface area (Å²) in [5.74, 6) is -1.80. The van der Waals surface area contributed by atoms with E-state index >= 15 is 0 Å². The molecule has 0 aliphatic rings. The smallest absolute Gasteiger partial charge is 0.338 e. The molecule has 0 amide bonds. The van der Waals surface area contributed by atoms with Crippen LogP contribution in [0.15, 0.2) is 60.7 Å². The Labute approximate surface area is 201 Å². The quantitative estimate of drug-likeness (QED) is 0.198. The zero-order chi connectivity index (χ0) is 25.6. The van der Waals surface area contributed by atoms with Crippen molar-refractivity contribution in [3.63, 3.8) is 0 Å². The highest BCUT2D eigenvalue weighted by atomic mass is 32.2. The van der Waals surface area contributed by atoms with Gasteiger partial charge in [-0.25, -0.2) is 17.6 Å². The number of hydrogen-bond donors (Lipinski definition) is 5. The lowest BCUT2D eigenvalue weighted by Gasteiger charge is -2.15. The van der Waals surface area contributed by atoms with Gasteiger partial charge in [-0.3, -0.25) is 4.72 Å². The monoisotopic (exact) mass is 504 g/mol. The van der Waals surface area contributed by atoms with Crippen molar-refractivity contribution in [1.29, 1.82) is 0 Å². The van der Waals surface area contributed by atoms with Crippen molar-refractivity contribution < 1.29 is 37.7 Å². The first-order valence-corrected chi connectivity index (χ1v) is 12.4. The molecule has 35 heavy (non-hydrogen) atoms. The molecular weight excluding hydrogens is 479 g/mol. The van der Waals surface area contributed by atoms with Crippen LogP contribution < -0.4 is 14.8 Å². The van der Waals surface area contributed by atoms with Crippen molar-refractivity contribution in [2.45, 2.75) is 6.10 Å². The second-order valence-electron chi connectivity index (χ2n) is 7.74.